The summed E-state index contributed by atoms with van der Waals surface area (Å²) < 4.78 is 0. The molecule has 1 aromatic carbocycles. The van der Waals surface area contributed by atoms with Crippen LogP contribution < -0.4 is 10.6 Å². The Kier molecular flexibility index (Phi) is 3.54. The number of nitrogens with zero attached hydrogens (tertiary/aromatic N) is 3. The molecule has 0 atom stereocenters. The number of piperidine rings is 1. The van der Waals surface area contributed by atoms with Gasteiger partial charge in [-0.1, -0.05) is 30.3 Å². The zero-order chi connectivity index (χ0) is 14.9. The molecule has 2 N–H and O–H groups in total. The summed E-state index contributed by atoms with van der Waals surface area (Å²) in [6, 6.07) is 10.6. The first kappa shape index (κ1) is 13.7. The molecule has 1 aliphatic carbocycles. The predicted octanol–water partition coefficient (Wildman–Crippen LogP) is 2.95. The molecular formula is C18H22N4. The van der Waals surface area contributed by atoms with Gasteiger partial charge in [0.2, 0.25) is 0 Å². The molecule has 1 aliphatic heterocycles. The van der Waals surface area contributed by atoms with Crippen LogP contribution in [0.4, 0.5) is 5.69 Å². The minimum absolute atomic E-state index is 0.352. The van der Waals surface area contributed by atoms with Gasteiger partial charge in [-0.05, 0) is 25.7 Å². The van der Waals surface area contributed by atoms with Crippen molar-refractivity contribution in [1.82, 2.24) is 9.97 Å². The van der Waals surface area contributed by atoms with Crippen molar-refractivity contribution in [2.24, 2.45) is 5.73 Å². The van der Waals surface area contributed by atoms with Crippen molar-refractivity contribution in [3.63, 3.8) is 0 Å². The van der Waals surface area contributed by atoms with E-state index in [1.165, 1.54) is 24.2 Å². The number of aromatic nitrogens is 2. The first-order valence-electron chi connectivity index (χ1n) is 8.24. The van der Waals surface area contributed by atoms with Crippen molar-refractivity contribution in [2.75, 3.05) is 18.0 Å². The molecular weight excluding hydrogens is 272 g/mol. The molecule has 4 nitrogen and oxygen atoms in total. The zero-order valence-corrected chi connectivity index (χ0v) is 12.8. The Balaban J connectivity index is 1.67. The minimum Gasteiger partial charge on any atom is -0.369 e. The van der Waals surface area contributed by atoms with Gasteiger partial charge < -0.3 is 10.6 Å². The summed E-state index contributed by atoms with van der Waals surface area (Å²) in [5.41, 5.74) is 9.59. The van der Waals surface area contributed by atoms with Gasteiger partial charge in [-0.3, -0.25) is 0 Å². The fourth-order valence-electron chi connectivity index (χ4n) is 3.16. The summed E-state index contributed by atoms with van der Waals surface area (Å²) in [6.45, 7) is 2.05. The molecule has 2 aromatic rings. The number of hydrogen-bond acceptors (Lipinski definition) is 4. The van der Waals surface area contributed by atoms with E-state index >= 15 is 0 Å². The topological polar surface area (TPSA) is 55.0 Å². The monoisotopic (exact) mass is 294 g/mol. The van der Waals surface area contributed by atoms with Crippen molar-refractivity contribution in [3.05, 3.63) is 42.2 Å². The Morgan fingerprint density at radius 2 is 1.73 bits per heavy atom. The van der Waals surface area contributed by atoms with E-state index in [1.54, 1.807) is 0 Å². The second kappa shape index (κ2) is 5.69. The van der Waals surface area contributed by atoms with Crippen LogP contribution in [0.2, 0.25) is 0 Å². The maximum atomic E-state index is 6.03. The van der Waals surface area contributed by atoms with Gasteiger partial charge in [0.15, 0.2) is 5.82 Å². The van der Waals surface area contributed by atoms with Crippen molar-refractivity contribution >= 4 is 5.69 Å². The SMILES string of the molecule is NC1CCN(c2cnc(-c3ccccc3)nc2C2CC2)CC1. The Morgan fingerprint density at radius 3 is 2.41 bits per heavy atom. The van der Waals surface area contributed by atoms with Crippen molar-refractivity contribution in [2.45, 2.75) is 37.6 Å². The molecule has 22 heavy (non-hydrogen) atoms. The van der Waals surface area contributed by atoms with Gasteiger partial charge in [0.1, 0.15) is 0 Å². The standard InChI is InChI=1S/C18H22N4/c19-15-8-10-22(11-9-15)16-12-20-18(14-4-2-1-3-5-14)21-17(16)13-6-7-13/h1-5,12-13,15H,6-11,19H2. The Bertz CT molecular complexity index is 643. The molecule has 1 aromatic heterocycles. The van der Waals surface area contributed by atoms with Gasteiger partial charge in [0.25, 0.3) is 0 Å². The molecule has 4 heteroatoms. The summed E-state index contributed by atoms with van der Waals surface area (Å²) >= 11 is 0. The third kappa shape index (κ3) is 2.71. The van der Waals surface area contributed by atoms with E-state index in [-0.39, 0.29) is 0 Å². The van der Waals surface area contributed by atoms with E-state index in [0.29, 0.717) is 12.0 Å². The lowest BCUT2D eigenvalue weighted by atomic mass is 10.0. The number of rotatable bonds is 3. The summed E-state index contributed by atoms with van der Waals surface area (Å²) in [5.74, 6) is 1.47. The maximum Gasteiger partial charge on any atom is 0.159 e. The average Bonchev–Trinajstić information content (AvgIpc) is 3.41. The molecule has 0 bridgehead atoms. The smallest absolute Gasteiger partial charge is 0.159 e. The molecule has 0 radical (unpaired) electrons. The molecule has 2 heterocycles. The van der Waals surface area contributed by atoms with E-state index in [2.05, 4.69) is 22.0 Å². The molecule has 0 unspecified atom stereocenters. The molecule has 1 saturated heterocycles. The van der Waals surface area contributed by atoms with E-state index < -0.39 is 0 Å². The first-order valence-corrected chi connectivity index (χ1v) is 8.24. The van der Waals surface area contributed by atoms with Crippen LogP contribution in [0.1, 0.15) is 37.3 Å². The summed E-state index contributed by atoms with van der Waals surface area (Å²) in [4.78, 5) is 12.0. The summed E-state index contributed by atoms with van der Waals surface area (Å²) in [6.07, 6.45) is 6.66. The quantitative estimate of drug-likeness (QED) is 0.945. The lowest BCUT2D eigenvalue weighted by molar-refractivity contribution is 0.499. The Labute approximate surface area is 131 Å². The molecule has 4 rings (SSSR count). The van der Waals surface area contributed by atoms with Crippen LogP contribution in [-0.2, 0) is 0 Å². The van der Waals surface area contributed by atoms with Crippen LogP contribution in [0, 0.1) is 0 Å². The van der Waals surface area contributed by atoms with Gasteiger partial charge in [-0.15, -0.1) is 0 Å². The normalized spacial score (nSPS) is 19.4. The minimum atomic E-state index is 0.352. The maximum absolute atomic E-state index is 6.03. The van der Waals surface area contributed by atoms with Gasteiger partial charge >= 0.3 is 0 Å². The molecule has 2 fully saturated rings. The highest BCUT2D eigenvalue weighted by atomic mass is 15.2. The average molecular weight is 294 g/mol. The number of nitrogens with two attached hydrogens (primary N) is 1. The summed E-state index contributed by atoms with van der Waals surface area (Å²) in [5, 5.41) is 0. The molecule has 0 spiro atoms. The van der Waals surface area contributed by atoms with Crippen molar-refractivity contribution < 1.29 is 0 Å². The third-order valence-corrected chi connectivity index (χ3v) is 4.67. The van der Waals surface area contributed by atoms with Crippen LogP contribution in [0.5, 0.6) is 0 Å². The van der Waals surface area contributed by atoms with E-state index in [0.717, 1.165) is 37.3 Å². The van der Waals surface area contributed by atoms with Gasteiger partial charge in [0.05, 0.1) is 17.6 Å². The first-order chi connectivity index (χ1) is 10.8. The van der Waals surface area contributed by atoms with Gasteiger partial charge in [0, 0.05) is 30.6 Å². The Hall–Kier alpha value is -1.94. The highest BCUT2D eigenvalue weighted by Crippen LogP contribution is 2.44. The molecule has 0 amide bonds. The number of hydrogen-bond donors (Lipinski definition) is 1. The fourth-order valence-corrected chi connectivity index (χ4v) is 3.16. The number of anilines is 1. The predicted molar refractivity (Wildman–Crippen MR) is 88.9 cm³/mol. The van der Waals surface area contributed by atoms with E-state index in [4.69, 9.17) is 10.7 Å². The molecule has 114 valence electrons. The zero-order valence-electron chi connectivity index (χ0n) is 12.8. The fraction of sp³-hybridized carbons (Fsp3) is 0.444. The Morgan fingerprint density at radius 1 is 1.00 bits per heavy atom. The summed E-state index contributed by atoms with van der Waals surface area (Å²) in [7, 11) is 0. The van der Waals surface area contributed by atoms with Gasteiger partial charge in [-0.2, -0.15) is 0 Å². The number of benzene rings is 1. The highest BCUT2D eigenvalue weighted by molar-refractivity contribution is 5.60. The van der Waals surface area contributed by atoms with E-state index in [9.17, 15) is 0 Å². The highest BCUT2D eigenvalue weighted by Gasteiger charge is 2.31. The lowest BCUT2D eigenvalue weighted by Crippen LogP contribution is -2.40. The second-order valence-corrected chi connectivity index (χ2v) is 6.43. The van der Waals surface area contributed by atoms with Crippen LogP contribution in [0.15, 0.2) is 36.5 Å². The van der Waals surface area contributed by atoms with Crippen LogP contribution in [0.3, 0.4) is 0 Å². The van der Waals surface area contributed by atoms with Gasteiger partial charge in [-0.25, -0.2) is 9.97 Å². The third-order valence-electron chi connectivity index (χ3n) is 4.67. The van der Waals surface area contributed by atoms with Crippen LogP contribution >= 0.6 is 0 Å². The van der Waals surface area contributed by atoms with E-state index in [1.807, 2.05) is 24.4 Å². The van der Waals surface area contributed by atoms with Crippen molar-refractivity contribution in [3.8, 4) is 11.4 Å². The van der Waals surface area contributed by atoms with Crippen LogP contribution in [-0.4, -0.2) is 29.1 Å². The molecule has 1 saturated carbocycles. The molecule has 2 aliphatic rings. The lowest BCUT2D eigenvalue weighted by Gasteiger charge is -2.32. The van der Waals surface area contributed by atoms with Crippen molar-refractivity contribution in [1.29, 1.82) is 0 Å². The van der Waals surface area contributed by atoms with Crippen LogP contribution in [0.25, 0.3) is 11.4 Å². The second-order valence-electron chi connectivity index (χ2n) is 6.43. The largest absolute Gasteiger partial charge is 0.369 e.